The van der Waals surface area contributed by atoms with Crippen LogP contribution in [-0.4, -0.2) is 34.4 Å². The number of pyridine rings is 1. The Morgan fingerprint density at radius 3 is 2.36 bits per heavy atom. The molecule has 1 saturated heterocycles. The number of imidazole rings is 1. The van der Waals surface area contributed by atoms with Gasteiger partial charge in [-0.2, -0.15) is 0 Å². The standard InChI is InChI=1S/C30H30N4O2/c1-22-9-8-14-26(32-22)27-20-31-29(24-15-17-33(18-16-24)25-12-6-3-7-13-25)34(27)30-28(35-21-36-30)19-23-10-4-2-5-11-23/h2-14,20,24H,15-19,21H2,1H3. The minimum absolute atomic E-state index is 0.211. The van der Waals surface area contributed by atoms with Gasteiger partial charge in [0.05, 0.1) is 17.6 Å². The average Bonchev–Trinajstić information content (AvgIpc) is 3.57. The summed E-state index contributed by atoms with van der Waals surface area (Å²) in [6.07, 6.45) is 4.65. The predicted octanol–water partition coefficient (Wildman–Crippen LogP) is 6.01. The lowest BCUT2D eigenvalue weighted by molar-refractivity contribution is 0.0821. The van der Waals surface area contributed by atoms with Gasteiger partial charge < -0.3 is 14.4 Å². The molecule has 0 unspecified atom stereocenters. The summed E-state index contributed by atoms with van der Waals surface area (Å²) in [7, 11) is 0. The smallest absolute Gasteiger partial charge is 0.242 e. The van der Waals surface area contributed by atoms with Crippen molar-refractivity contribution in [2.45, 2.75) is 32.1 Å². The van der Waals surface area contributed by atoms with Crippen molar-refractivity contribution in [1.82, 2.24) is 14.5 Å². The molecule has 36 heavy (non-hydrogen) atoms. The number of hydrogen-bond donors (Lipinski definition) is 0. The van der Waals surface area contributed by atoms with Gasteiger partial charge in [0.2, 0.25) is 12.7 Å². The van der Waals surface area contributed by atoms with Gasteiger partial charge in [-0.3, -0.25) is 9.55 Å². The second-order valence-corrected chi connectivity index (χ2v) is 9.40. The molecule has 0 N–H and O–H groups in total. The number of allylic oxidation sites excluding steroid dienone is 1. The highest BCUT2D eigenvalue weighted by atomic mass is 16.7. The Labute approximate surface area is 211 Å². The van der Waals surface area contributed by atoms with Crippen LogP contribution in [0.3, 0.4) is 0 Å². The minimum atomic E-state index is 0.211. The van der Waals surface area contributed by atoms with Crippen LogP contribution in [0, 0.1) is 6.92 Å². The summed E-state index contributed by atoms with van der Waals surface area (Å²) < 4.78 is 14.3. The molecule has 0 saturated carbocycles. The summed E-state index contributed by atoms with van der Waals surface area (Å²) in [5.41, 5.74) is 5.26. The fraction of sp³-hybridized carbons (Fsp3) is 0.267. The molecule has 0 amide bonds. The molecule has 0 aliphatic carbocycles. The minimum Gasteiger partial charge on any atom is -0.456 e. The molecule has 6 nitrogen and oxygen atoms in total. The number of aromatic nitrogens is 3. The summed E-state index contributed by atoms with van der Waals surface area (Å²) in [5, 5.41) is 0. The Morgan fingerprint density at radius 1 is 0.861 bits per heavy atom. The molecular formula is C30H30N4O2. The number of benzene rings is 2. The number of para-hydroxylation sites is 1. The zero-order chi connectivity index (χ0) is 24.3. The molecule has 6 heteroatoms. The molecule has 0 spiro atoms. The number of ether oxygens (including phenoxy) is 2. The van der Waals surface area contributed by atoms with Crippen LogP contribution in [0.1, 0.15) is 35.8 Å². The molecule has 2 aliphatic rings. The third-order valence-corrected chi connectivity index (χ3v) is 7.00. The van der Waals surface area contributed by atoms with Crippen molar-refractivity contribution in [2.75, 3.05) is 24.8 Å². The third kappa shape index (κ3) is 4.47. The Balaban J connectivity index is 1.37. The predicted molar refractivity (Wildman–Crippen MR) is 141 cm³/mol. The molecule has 4 aromatic rings. The molecular weight excluding hydrogens is 448 g/mol. The van der Waals surface area contributed by atoms with Gasteiger partial charge in [-0.05, 0) is 49.6 Å². The first-order valence-electron chi connectivity index (χ1n) is 12.6. The molecule has 0 atom stereocenters. The number of rotatable bonds is 6. The topological polar surface area (TPSA) is 52.4 Å². The number of nitrogens with zero attached hydrogens (tertiary/aromatic N) is 4. The molecule has 1 fully saturated rings. The van der Waals surface area contributed by atoms with Crippen LogP contribution < -0.4 is 4.90 Å². The third-order valence-electron chi connectivity index (χ3n) is 7.00. The van der Waals surface area contributed by atoms with Gasteiger partial charge in [-0.25, -0.2) is 4.98 Å². The van der Waals surface area contributed by atoms with Crippen molar-refractivity contribution in [2.24, 2.45) is 0 Å². The van der Waals surface area contributed by atoms with E-state index in [1.54, 1.807) is 0 Å². The van der Waals surface area contributed by atoms with Gasteiger partial charge in [0.1, 0.15) is 5.82 Å². The molecule has 6 rings (SSSR count). The largest absolute Gasteiger partial charge is 0.456 e. The van der Waals surface area contributed by atoms with E-state index in [1.165, 1.54) is 11.3 Å². The van der Waals surface area contributed by atoms with Crippen LogP contribution in [-0.2, 0) is 15.9 Å². The Hall–Kier alpha value is -4.06. The second-order valence-electron chi connectivity index (χ2n) is 9.40. The van der Waals surface area contributed by atoms with Crippen LogP contribution in [0.25, 0.3) is 17.3 Å². The molecule has 182 valence electrons. The summed E-state index contributed by atoms with van der Waals surface area (Å²) >= 11 is 0. The van der Waals surface area contributed by atoms with E-state index in [2.05, 4.69) is 64.1 Å². The fourth-order valence-electron chi connectivity index (χ4n) is 5.16. The molecule has 4 heterocycles. The lowest BCUT2D eigenvalue weighted by Crippen LogP contribution is -2.33. The Bertz CT molecular complexity index is 1360. The molecule has 2 aromatic heterocycles. The van der Waals surface area contributed by atoms with Crippen molar-refractivity contribution in [1.29, 1.82) is 0 Å². The van der Waals surface area contributed by atoms with E-state index in [9.17, 15) is 0 Å². The fourth-order valence-corrected chi connectivity index (χ4v) is 5.16. The maximum absolute atomic E-state index is 6.14. The van der Waals surface area contributed by atoms with Crippen molar-refractivity contribution in [3.63, 3.8) is 0 Å². The first kappa shape index (κ1) is 22.4. The lowest BCUT2D eigenvalue weighted by Gasteiger charge is -2.33. The monoisotopic (exact) mass is 478 g/mol. The summed E-state index contributed by atoms with van der Waals surface area (Å²) in [6, 6.07) is 27.1. The van der Waals surface area contributed by atoms with Gasteiger partial charge in [0, 0.05) is 36.8 Å². The molecule has 2 aromatic carbocycles. The van der Waals surface area contributed by atoms with Crippen molar-refractivity contribution >= 4 is 11.6 Å². The summed E-state index contributed by atoms with van der Waals surface area (Å²) in [4.78, 5) is 12.2. The Morgan fingerprint density at radius 2 is 1.61 bits per heavy atom. The van der Waals surface area contributed by atoms with Crippen LogP contribution in [0.15, 0.2) is 90.8 Å². The summed E-state index contributed by atoms with van der Waals surface area (Å²) in [5.74, 6) is 2.90. The second kappa shape index (κ2) is 9.90. The van der Waals surface area contributed by atoms with E-state index in [0.717, 1.165) is 60.5 Å². The van der Waals surface area contributed by atoms with E-state index in [0.29, 0.717) is 12.3 Å². The number of anilines is 1. The first-order valence-corrected chi connectivity index (χ1v) is 12.6. The van der Waals surface area contributed by atoms with Gasteiger partial charge in [-0.1, -0.05) is 54.6 Å². The number of hydrogen-bond acceptors (Lipinski definition) is 5. The highest BCUT2D eigenvalue weighted by molar-refractivity contribution is 5.62. The lowest BCUT2D eigenvalue weighted by atomic mass is 9.95. The highest BCUT2D eigenvalue weighted by Gasteiger charge is 2.31. The molecule has 2 aliphatic heterocycles. The van der Waals surface area contributed by atoms with Gasteiger partial charge in [-0.15, -0.1) is 0 Å². The van der Waals surface area contributed by atoms with Gasteiger partial charge in [0.15, 0.2) is 5.76 Å². The maximum atomic E-state index is 6.14. The van der Waals surface area contributed by atoms with Gasteiger partial charge in [0.25, 0.3) is 0 Å². The highest BCUT2D eigenvalue weighted by Crippen LogP contribution is 2.37. The zero-order valence-electron chi connectivity index (χ0n) is 20.5. The van der Waals surface area contributed by atoms with E-state index in [1.807, 2.05) is 37.4 Å². The van der Waals surface area contributed by atoms with E-state index in [4.69, 9.17) is 19.4 Å². The van der Waals surface area contributed by atoms with Gasteiger partial charge >= 0.3 is 0 Å². The molecule has 0 bridgehead atoms. The van der Waals surface area contributed by atoms with Crippen LogP contribution >= 0.6 is 0 Å². The van der Waals surface area contributed by atoms with Crippen LogP contribution in [0.4, 0.5) is 5.69 Å². The quantitative estimate of drug-likeness (QED) is 0.340. The summed E-state index contributed by atoms with van der Waals surface area (Å²) in [6.45, 7) is 4.21. The van der Waals surface area contributed by atoms with E-state index in [-0.39, 0.29) is 6.79 Å². The van der Waals surface area contributed by atoms with Crippen LogP contribution in [0.2, 0.25) is 0 Å². The van der Waals surface area contributed by atoms with Crippen molar-refractivity contribution in [3.8, 4) is 11.4 Å². The van der Waals surface area contributed by atoms with Crippen molar-refractivity contribution < 1.29 is 9.47 Å². The normalized spacial score (nSPS) is 16.2. The van der Waals surface area contributed by atoms with Crippen molar-refractivity contribution in [3.05, 3.63) is 108 Å². The van der Waals surface area contributed by atoms with E-state index < -0.39 is 0 Å². The van der Waals surface area contributed by atoms with Crippen LogP contribution in [0.5, 0.6) is 0 Å². The SMILES string of the molecule is Cc1cccc(-c2cnc(C3CCN(c4ccccc4)CC3)n2C2=C(Cc3ccccc3)OCO2)n1. The average molecular weight is 479 g/mol. The maximum Gasteiger partial charge on any atom is 0.242 e. The molecule has 0 radical (unpaired) electrons. The zero-order valence-corrected chi connectivity index (χ0v) is 20.5. The number of piperidine rings is 1. The van der Waals surface area contributed by atoms with E-state index >= 15 is 0 Å². The Kier molecular flexibility index (Phi) is 6.16. The first-order chi connectivity index (χ1) is 17.8. The number of aryl methyl sites for hydroxylation is 1.